The van der Waals surface area contributed by atoms with Gasteiger partial charge in [-0.1, -0.05) is 47.0 Å². The second-order valence-corrected chi connectivity index (χ2v) is 15.7. The normalized spacial score (nSPS) is 11.2. The Balaban J connectivity index is 5.02. The average Bonchev–Trinajstić information content (AvgIpc) is 2.36. The molecule has 0 heterocycles. The Morgan fingerprint density at radius 2 is 0.762 bits per heavy atom. The summed E-state index contributed by atoms with van der Waals surface area (Å²) < 4.78 is 0. The van der Waals surface area contributed by atoms with Gasteiger partial charge < -0.3 is 0 Å². The topological polar surface area (TPSA) is 68.3 Å². The van der Waals surface area contributed by atoms with Crippen molar-refractivity contribution in [2.24, 2.45) is 0 Å². The lowest BCUT2D eigenvalue weighted by atomic mass is 10.9. The summed E-state index contributed by atoms with van der Waals surface area (Å²) in [6.07, 6.45) is 0. The van der Waals surface area contributed by atoms with Crippen LogP contribution < -0.4 is 0 Å². The monoisotopic (exact) mass is 384 g/mol. The SMILES string of the molecule is CC(=O)SC[Si](CSC(C)=O)(CSC(C)=O)CSC(C)=O. The highest BCUT2D eigenvalue weighted by Crippen LogP contribution is 2.27. The van der Waals surface area contributed by atoms with E-state index in [2.05, 4.69) is 0 Å². The predicted molar refractivity (Wildman–Crippen MR) is 98.3 cm³/mol. The second kappa shape index (κ2) is 10.9. The van der Waals surface area contributed by atoms with Crippen LogP contribution >= 0.6 is 47.0 Å². The molecule has 0 saturated heterocycles. The van der Waals surface area contributed by atoms with Gasteiger partial charge in [0, 0.05) is 27.7 Å². The Morgan fingerprint density at radius 3 is 0.905 bits per heavy atom. The molecule has 0 atom stereocenters. The first-order valence-electron chi connectivity index (χ1n) is 6.20. The highest BCUT2D eigenvalue weighted by atomic mass is 32.2. The quantitative estimate of drug-likeness (QED) is 0.592. The number of carbonyl (C=O) groups excluding carboxylic acids is 4. The van der Waals surface area contributed by atoms with Gasteiger partial charge in [-0.05, 0) is 21.5 Å². The first-order chi connectivity index (χ1) is 9.67. The van der Waals surface area contributed by atoms with E-state index < -0.39 is 8.07 Å². The van der Waals surface area contributed by atoms with Crippen molar-refractivity contribution in [2.75, 3.05) is 21.5 Å². The maximum absolute atomic E-state index is 11.3. The lowest BCUT2D eigenvalue weighted by molar-refractivity contribution is -0.109. The van der Waals surface area contributed by atoms with Crippen LogP contribution in [0.3, 0.4) is 0 Å². The van der Waals surface area contributed by atoms with Gasteiger partial charge in [-0.3, -0.25) is 19.2 Å². The molecule has 120 valence electrons. The number of rotatable bonds is 8. The van der Waals surface area contributed by atoms with E-state index in [0.29, 0.717) is 21.5 Å². The van der Waals surface area contributed by atoms with E-state index in [1.165, 1.54) is 74.7 Å². The summed E-state index contributed by atoms with van der Waals surface area (Å²) in [4.78, 5) is 45.1. The van der Waals surface area contributed by atoms with E-state index in [4.69, 9.17) is 0 Å². The third-order valence-corrected chi connectivity index (χ3v) is 16.1. The molecule has 0 rings (SSSR count). The third kappa shape index (κ3) is 11.5. The van der Waals surface area contributed by atoms with Gasteiger partial charge in [-0.25, -0.2) is 0 Å². The van der Waals surface area contributed by atoms with Gasteiger partial charge in [0.05, 0.1) is 8.07 Å². The molecule has 0 radical (unpaired) electrons. The summed E-state index contributed by atoms with van der Waals surface area (Å²) in [5.41, 5.74) is 0. The highest BCUT2D eigenvalue weighted by Gasteiger charge is 2.35. The zero-order chi connectivity index (χ0) is 16.5. The van der Waals surface area contributed by atoms with Crippen molar-refractivity contribution in [3.8, 4) is 0 Å². The molecular formula is C12H20O4S4Si. The van der Waals surface area contributed by atoms with Gasteiger partial charge in [-0.15, -0.1) is 0 Å². The van der Waals surface area contributed by atoms with Crippen molar-refractivity contribution < 1.29 is 19.2 Å². The standard InChI is InChI=1S/C12H20O4S4Si/c1-9(13)17-5-21(6-18-10(2)14,7-19-11(3)15)8-20-12(4)16/h5-8H2,1-4H3. The molecule has 0 N–H and O–H groups in total. The van der Waals surface area contributed by atoms with E-state index >= 15 is 0 Å². The van der Waals surface area contributed by atoms with E-state index in [-0.39, 0.29) is 20.5 Å². The molecule has 0 aromatic rings. The number of thioether (sulfide) groups is 4. The maximum Gasteiger partial charge on any atom is 0.185 e. The summed E-state index contributed by atoms with van der Waals surface area (Å²) in [5.74, 6) is 0. The van der Waals surface area contributed by atoms with Crippen molar-refractivity contribution in [1.82, 2.24) is 0 Å². The van der Waals surface area contributed by atoms with E-state index in [9.17, 15) is 19.2 Å². The van der Waals surface area contributed by atoms with Crippen molar-refractivity contribution in [3.63, 3.8) is 0 Å². The number of hydrogen-bond donors (Lipinski definition) is 0. The first-order valence-corrected chi connectivity index (χ1v) is 13.0. The Labute approximate surface area is 143 Å². The van der Waals surface area contributed by atoms with Gasteiger partial charge in [0.15, 0.2) is 20.5 Å². The van der Waals surface area contributed by atoms with Gasteiger partial charge in [0.25, 0.3) is 0 Å². The zero-order valence-corrected chi connectivity index (χ0v) is 16.9. The molecule has 0 amide bonds. The van der Waals surface area contributed by atoms with Crippen LogP contribution in [-0.2, 0) is 19.2 Å². The minimum Gasteiger partial charge on any atom is -0.288 e. The molecule has 21 heavy (non-hydrogen) atoms. The van der Waals surface area contributed by atoms with Crippen LogP contribution in [-0.4, -0.2) is 50.0 Å². The molecule has 0 saturated carbocycles. The molecule has 0 aliphatic carbocycles. The maximum atomic E-state index is 11.3. The Hall–Kier alpha value is 0.297. The largest absolute Gasteiger partial charge is 0.288 e. The van der Waals surface area contributed by atoms with Crippen molar-refractivity contribution in [3.05, 3.63) is 0 Å². The minimum atomic E-state index is -2.08. The molecule has 0 bridgehead atoms. The van der Waals surface area contributed by atoms with Crippen LogP contribution in [0.15, 0.2) is 0 Å². The fourth-order valence-electron chi connectivity index (χ4n) is 1.27. The van der Waals surface area contributed by atoms with Crippen LogP contribution in [0.5, 0.6) is 0 Å². The fraction of sp³-hybridized carbons (Fsp3) is 0.667. The molecule has 0 aliphatic heterocycles. The summed E-state index contributed by atoms with van der Waals surface area (Å²) in [6, 6.07) is 0. The van der Waals surface area contributed by atoms with Gasteiger partial charge in [-0.2, -0.15) is 0 Å². The van der Waals surface area contributed by atoms with Crippen molar-refractivity contribution >= 4 is 75.6 Å². The van der Waals surface area contributed by atoms with E-state index in [1.54, 1.807) is 0 Å². The lowest BCUT2D eigenvalue weighted by Gasteiger charge is -2.29. The lowest BCUT2D eigenvalue weighted by Crippen LogP contribution is -2.49. The summed E-state index contributed by atoms with van der Waals surface area (Å²) in [7, 11) is -2.08. The van der Waals surface area contributed by atoms with Crippen LogP contribution in [0.4, 0.5) is 0 Å². The Kier molecular flexibility index (Phi) is 11.1. The minimum absolute atomic E-state index is 0.0281. The third-order valence-electron chi connectivity index (χ3n) is 2.33. The molecular weight excluding hydrogens is 364 g/mol. The average molecular weight is 385 g/mol. The Bertz CT molecular complexity index is 337. The van der Waals surface area contributed by atoms with Gasteiger partial charge >= 0.3 is 0 Å². The summed E-state index contributed by atoms with van der Waals surface area (Å²) in [6.45, 7) is 6.05. The van der Waals surface area contributed by atoms with Crippen LogP contribution in [0.2, 0.25) is 0 Å². The highest BCUT2D eigenvalue weighted by molar-refractivity contribution is 8.20. The molecule has 0 spiro atoms. The summed E-state index contributed by atoms with van der Waals surface area (Å²) >= 11 is 4.97. The predicted octanol–water partition coefficient (Wildman–Crippen LogP) is 2.71. The zero-order valence-electron chi connectivity index (χ0n) is 12.6. The molecule has 0 unspecified atom stereocenters. The van der Waals surface area contributed by atoms with Gasteiger partial charge in [0.2, 0.25) is 0 Å². The first kappa shape index (κ1) is 21.3. The van der Waals surface area contributed by atoms with Crippen LogP contribution in [0.1, 0.15) is 27.7 Å². The van der Waals surface area contributed by atoms with E-state index in [0.717, 1.165) is 0 Å². The molecule has 0 aromatic carbocycles. The van der Waals surface area contributed by atoms with Crippen LogP contribution in [0.25, 0.3) is 0 Å². The van der Waals surface area contributed by atoms with E-state index in [1.807, 2.05) is 0 Å². The molecule has 0 aromatic heterocycles. The van der Waals surface area contributed by atoms with Crippen molar-refractivity contribution in [2.45, 2.75) is 27.7 Å². The van der Waals surface area contributed by atoms with Gasteiger partial charge in [0.1, 0.15) is 0 Å². The molecule has 9 heteroatoms. The molecule has 4 nitrogen and oxygen atoms in total. The second-order valence-electron chi connectivity index (χ2n) is 4.62. The van der Waals surface area contributed by atoms with Crippen molar-refractivity contribution in [1.29, 1.82) is 0 Å². The van der Waals surface area contributed by atoms with Crippen LogP contribution in [0, 0.1) is 0 Å². The number of hydrogen-bond acceptors (Lipinski definition) is 8. The summed E-state index contributed by atoms with van der Waals surface area (Å²) in [5, 5.41) is 2.68. The fourth-order valence-corrected chi connectivity index (χ4v) is 15.9. The smallest absolute Gasteiger partial charge is 0.185 e. The Morgan fingerprint density at radius 1 is 0.571 bits per heavy atom. The number of carbonyl (C=O) groups is 4. The molecule has 0 aliphatic rings. The molecule has 0 fully saturated rings.